The van der Waals surface area contributed by atoms with Crippen LogP contribution in [0.3, 0.4) is 0 Å². The Kier molecular flexibility index (Phi) is 2.43. The van der Waals surface area contributed by atoms with Crippen molar-refractivity contribution in [2.24, 2.45) is 5.92 Å². The van der Waals surface area contributed by atoms with Gasteiger partial charge in [0.25, 0.3) is 0 Å². The number of hydrogen-bond donors (Lipinski definition) is 0. The Morgan fingerprint density at radius 3 is 2.53 bits per heavy atom. The first kappa shape index (κ1) is 10.5. The summed E-state index contributed by atoms with van der Waals surface area (Å²) in [4.78, 5) is 24.6. The highest BCUT2D eigenvalue weighted by Gasteiger charge is 2.46. The fraction of sp³-hybridized carbons (Fsp3) is 0.333. The van der Waals surface area contributed by atoms with Gasteiger partial charge in [-0.15, -0.1) is 0 Å². The molecule has 2 nitrogen and oxygen atoms in total. The summed E-state index contributed by atoms with van der Waals surface area (Å²) in [5.41, 5.74) is 1.62. The average Bonchev–Trinajstić information content (AvgIpc) is 2.64. The van der Waals surface area contributed by atoms with Crippen molar-refractivity contribution in [1.29, 1.82) is 0 Å². The van der Waals surface area contributed by atoms with Gasteiger partial charge in [0.2, 0.25) is 0 Å². The van der Waals surface area contributed by atoms with Crippen molar-refractivity contribution in [3.05, 3.63) is 47.5 Å². The van der Waals surface area contributed by atoms with E-state index in [4.69, 9.17) is 0 Å². The Labute approximate surface area is 100 Å². The van der Waals surface area contributed by atoms with Crippen LogP contribution in [0.15, 0.2) is 42.0 Å². The third-order valence-corrected chi connectivity index (χ3v) is 3.74. The lowest BCUT2D eigenvalue weighted by Gasteiger charge is -2.13. The highest BCUT2D eigenvalue weighted by atomic mass is 16.2. The summed E-state index contributed by atoms with van der Waals surface area (Å²) < 4.78 is 0. The molecule has 0 bridgehead atoms. The molecular weight excluding hydrogens is 212 g/mol. The SMILES string of the molecule is O=C1C2=CCCCC2C(=O)C1c1ccccc1. The molecule has 2 atom stereocenters. The van der Waals surface area contributed by atoms with Crippen LogP contribution in [0.25, 0.3) is 0 Å². The van der Waals surface area contributed by atoms with Crippen LogP contribution in [0.4, 0.5) is 0 Å². The van der Waals surface area contributed by atoms with Crippen molar-refractivity contribution >= 4 is 11.6 Å². The van der Waals surface area contributed by atoms with Gasteiger partial charge in [-0.05, 0) is 24.8 Å². The second-order valence-electron chi connectivity index (χ2n) is 4.75. The van der Waals surface area contributed by atoms with E-state index >= 15 is 0 Å². The van der Waals surface area contributed by atoms with E-state index < -0.39 is 5.92 Å². The Morgan fingerprint density at radius 2 is 1.82 bits per heavy atom. The maximum absolute atomic E-state index is 12.3. The Hall–Kier alpha value is -1.70. The van der Waals surface area contributed by atoms with E-state index in [1.54, 1.807) is 0 Å². The highest BCUT2D eigenvalue weighted by Crippen LogP contribution is 2.40. The van der Waals surface area contributed by atoms with Crippen LogP contribution in [0.1, 0.15) is 30.7 Å². The zero-order chi connectivity index (χ0) is 11.8. The predicted octanol–water partition coefficient (Wildman–Crippen LogP) is 2.65. The van der Waals surface area contributed by atoms with Gasteiger partial charge in [0.05, 0.1) is 0 Å². The Balaban J connectivity index is 2.03. The molecule has 1 fully saturated rings. The quantitative estimate of drug-likeness (QED) is 0.690. The summed E-state index contributed by atoms with van der Waals surface area (Å²) in [5, 5.41) is 0. The number of hydrogen-bond acceptors (Lipinski definition) is 2. The summed E-state index contributed by atoms with van der Waals surface area (Å²) in [6.45, 7) is 0. The van der Waals surface area contributed by atoms with E-state index in [0.717, 1.165) is 30.4 Å². The number of allylic oxidation sites excluding steroid dienone is 2. The Morgan fingerprint density at radius 1 is 1.06 bits per heavy atom. The molecule has 3 rings (SSSR count). The summed E-state index contributed by atoms with van der Waals surface area (Å²) in [7, 11) is 0. The first-order chi connectivity index (χ1) is 8.29. The van der Waals surface area contributed by atoms with Crippen LogP contribution in [-0.2, 0) is 9.59 Å². The van der Waals surface area contributed by atoms with Crippen molar-refractivity contribution in [2.75, 3.05) is 0 Å². The van der Waals surface area contributed by atoms with Gasteiger partial charge in [-0.25, -0.2) is 0 Å². The van der Waals surface area contributed by atoms with E-state index in [1.165, 1.54) is 0 Å². The summed E-state index contributed by atoms with van der Waals surface area (Å²) >= 11 is 0. The van der Waals surface area contributed by atoms with Gasteiger partial charge in [0, 0.05) is 11.5 Å². The average molecular weight is 226 g/mol. The fourth-order valence-electron chi connectivity index (χ4n) is 2.90. The summed E-state index contributed by atoms with van der Waals surface area (Å²) in [6.07, 6.45) is 4.78. The fourth-order valence-corrected chi connectivity index (χ4v) is 2.90. The third kappa shape index (κ3) is 1.55. The van der Waals surface area contributed by atoms with E-state index in [1.807, 2.05) is 36.4 Å². The zero-order valence-corrected chi connectivity index (χ0v) is 9.56. The zero-order valence-electron chi connectivity index (χ0n) is 9.56. The highest BCUT2D eigenvalue weighted by molar-refractivity contribution is 6.24. The lowest BCUT2D eigenvalue weighted by molar-refractivity contribution is -0.124. The van der Waals surface area contributed by atoms with Gasteiger partial charge in [-0.3, -0.25) is 9.59 Å². The molecule has 2 aliphatic carbocycles. The van der Waals surface area contributed by atoms with Gasteiger partial charge in [0.1, 0.15) is 5.92 Å². The normalized spacial score (nSPS) is 27.9. The topological polar surface area (TPSA) is 34.1 Å². The van der Waals surface area contributed by atoms with Crippen molar-refractivity contribution in [3.8, 4) is 0 Å². The van der Waals surface area contributed by atoms with Crippen LogP contribution in [0.2, 0.25) is 0 Å². The molecule has 17 heavy (non-hydrogen) atoms. The van der Waals surface area contributed by atoms with Gasteiger partial charge in [-0.1, -0.05) is 36.4 Å². The Bertz CT molecular complexity index is 499. The molecule has 1 aromatic rings. The minimum absolute atomic E-state index is 0.0332. The van der Waals surface area contributed by atoms with E-state index in [0.29, 0.717) is 0 Å². The molecule has 0 aromatic heterocycles. The lowest BCUT2D eigenvalue weighted by Crippen LogP contribution is -2.15. The first-order valence-electron chi connectivity index (χ1n) is 6.12. The molecule has 0 spiro atoms. The number of fused-ring (bicyclic) bond motifs is 1. The predicted molar refractivity (Wildman–Crippen MR) is 64.6 cm³/mol. The molecule has 0 radical (unpaired) electrons. The molecule has 2 aliphatic rings. The summed E-state index contributed by atoms with van der Waals surface area (Å²) in [6, 6.07) is 9.41. The van der Waals surface area contributed by atoms with E-state index in [9.17, 15) is 9.59 Å². The van der Waals surface area contributed by atoms with Gasteiger partial charge in [-0.2, -0.15) is 0 Å². The van der Waals surface area contributed by atoms with Crippen LogP contribution in [0, 0.1) is 5.92 Å². The van der Waals surface area contributed by atoms with E-state index in [-0.39, 0.29) is 17.5 Å². The van der Waals surface area contributed by atoms with Crippen molar-refractivity contribution in [3.63, 3.8) is 0 Å². The molecule has 0 N–H and O–H groups in total. The van der Waals surface area contributed by atoms with E-state index in [2.05, 4.69) is 0 Å². The molecule has 0 heterocycles. The van der Waals surface area contributed by atoms with Crippen LogP contribution >= 0.6 is 0 Å². The summed E-state index contributed by atoms with van der Waals surface area (Å²) in [5.74, 6) is -0.523. The minimum atomic E-state index is -0.537. The van der Waals surface area contributed by atoms with Crippen molar-refractivity contribution < 1.29 is 9.59 Å². The second kappa shape index (κ2) is 3.95. The number of carbonyl (C=O) groups excluding carboxylic acids is 2. The molecule has 86 valence electrons. The first-order valence-corrected chi connectivity index (χ1v) is 6.12. The second-order valence-corrected chi connectivity index (χ2v) is 4.75. The molecule has 2 unspecified atom stereocenters. The maximum Gasteiger partial charge on any atom is 0.174 e. The van der Waals surface area contributed by atoms with Crippen LogP contribution < -0.4 is 0 Å². The number of Topliss-reactive ketones (excluding diaryl/α,β-unsaturated/α-hetero) is 2. The van der Waals surface area contributed by atoms with Gasteiger partial charge >= 0.3 is 0 Å². The molecular formula is C15H14O2. The standard InChI is InChI=1S/C15H14O2/c16-14-11-8-4-5-9-12(11)15(17)13(14)10-6-2-1-3-7-10/h1-3,6-8,12-13H,4-5,9H2. The number of carbonyl (C=O) groups is 2. The molecule has 0 amide bonds. The van der Waals surface area contributed by atoms with Crippen molar-refractivity contribution in [2.45, 2.75) is 25.2 Å². The monoisotopic (exact) mass is 226 g/mol. The molecule has 1 saturated carbocycles. The molecule has 0 aliphatic heterocycles. The largest absolute Gasteiger partial charge is 0.298 e. The smallest absolute Gasteiger partial charge is 0.174 e. The van der Waals surface area contributed by atoms with Gasteiger partial charge < -0.3 is 0 Å². The molecule has 1 aromatic carbocycles. The van der Waals surface area contributed by atoms with Crippen LogP contribution in [0.5, 0.6) is 0 Å². The number of benzene rings is 1. The number of rotatable bonds is 1. The molecule has 0 saturated heterocycles. The minimum Gasteiger partial charge on any atom is -0.298 e. The van der Waals surface area contributed by atoms with Crippen molar-refractivity contribution in [1.82, 2.24) is 0 Å². The van der Waals surface area contributed by atoms with Crippen LogP contribution in [-0.4, -0.2) is 11.6 Å². The number of ketones is 2. The maximum atomic E-state index is 12.3. The molecule has 2 heteroatoms. The lowest BCUT2D eigenvalue weighted by atomic mass is 9.89. The van der Waals surface area contributed by atoms with Gasteiger partial charge in [0.15, 0.2) is 11.6 Å². The third-order valence-electron chi connectivity index (χ3n) is 3.74.